The van der Waals surface area contributed by atoms with E-state index >= 15 is 0 Å². The largest absolute Gasteiger partial charge is 0.493 e. The molecule has 4 rings (SSSR count). The monoisotopic (exact) mass is 475 g/mol. The molecule has 0 radical (unpaired) electrons. The van der Waals surface area contributed by atoms with Crippen LogP contribution < -0.4 is 14.9 Å². The lowest BCUT2D eigenvalue weighted by molar-refractivity contribution is -0.384. The average Bonchev–Trinajstić information content (AvgIpc) is 3.18. The lowest BCUT2D eigenvalue weighted by atomic mass is 10.0. The van der Waals surface area contributed by atoms with Crippen LogP contribution >= 0.6 is 0 Å². The quantitative estimate of drug-likeness (QED) is 0.215. The van der Waals surface area contributed by atoms with Crippen molar-refractivity contribution >= 4 is 23.8 Å². The molecule has 0 bridgehead atoms. The number of methoxy groups -OCH3 is 1. The second-order valence-corrected chi connectivity index (χ2v) is 7.60. The number of amides is 1. The Morgan fingerprint density at radius 2 is 1.91 bits per heavy atom. The van der Waals surface area contributed by atoms with Crippen molar-refractivity contribution in [2.45, 2.75) is 19.1 Å². The molecule has 1 amide bonds. The van der Waals surface area contributed by atoms with Gasteiger partial charge in [-0.1, -0.05) is 18.2 Å². The van der Waals surface area contributed by atoms with Crippen molar-refractivity contribution in [3.8, 4) is 11.5 Å². The van der Waals surface area contributed by atoms with E-state index in [1.54, 1.807) is 54.6 Å². The second kappa shape index (κ2) is 10.5. The molecular formula is C25H21N3O7. The second-order valence-electron chi connectivity index (χ2n) is 7.60. The first-order chi connectivity index (χ1) is 16.9. The zero-order valence-electron chi connectivity index (χ0n) is 18.7. The van der Waals surface area contributed by atoms with Crippen LogP contribution in [0.3, 0.4) is 0 Å². The first kappa shape index (κ1) is 23.4. The summed E-state index contributed by atoms with van der Waals surface area (Å²) < 4.78 is 16.4. The molecule has 0 fully saturated rings. The van der Waals surface area contributed by atoms with Gasteiger partial charge in [-0.15, -0.1) is 0 Å². The summed E-state index contributed by atoms with van der Waals surface area (Å²) in [5, 5.41) is 14.7. The van der Waals surface area contributed by atoms with Crippen molar-refractivity contribution in [2.24, 2.45) is 5.10 Å². The van der Waals surface area contributed by atoms with Crippen LogP contribution in [0, 0.1) is 10.1 Å². The molecule has 0 aromatic heterocycles. The van der Waals surface area contributed by atoms with Gasteiger partial charge in [0.1, 0.15) is 12.7 Å². The SMILES string of the molecule is COc1cc(C=NNC(=O)CC2OC(=O)c3ccccc32)ccc1OCc1ccc([N+](=O)[O-])cc1. The molecule has 178 valence electrons. The van der Waals surface area contributed by atoms with Crippen molar-refractivity contribution in [1.82, 2.24) is 5.43 Å². The van der Waals surface area contributed by atoms with E-state index in [1.165, 1.54) is 25.5 Å². The number of benzene rings is 3. The van der Waals surface area contributed by atoms with Crippen LogP contribution in [0.15, 0.2) is 71.8 Å². The number of fused-ring (bicyclic) bond motifs is 1. The van der Waals surface area contributed by atoms with E-state index in [9.17, 15) is 19.7 Å². The molecular weight excluding hydrogens is 454 g/mol. The molecule has 0 aliphatic carbocycles. The Morgan fingerprint density at radius 3 is 2.66 bits per heavy atom. The molecule has 1 aliphatic rings. The van der Waals surface area contributed by atoms with E-state index in [0.29, 0.717) is 28.2 Å². The summed E-state index contributed by atoms with van der Waals surface area (Å²) in [6, 6.07) is 18.2. The Morgan fingerprint density at radius 1 is 1.14 bits per heavy atom. The lowest BCUT2D eigenvalue weighted by Gasteiger charge is -2.11. The highest BCUT2D eigenvalue weighted by atomic mass is 16.6. The van der Waals surface area contributed by atoms with Crippen molar-refractivity contribution in [2.75, 3.05) is 7.11 Å². The molecule has 0 saturated carbocycles. The van der Waals surface area contributed by atoms with Crippen LogP contribution in [0.25, 0.3) is 0 Å². The van der Waals surface area contributed by atoms with Crippen LogP contribution in [0.1, 0.15) is 39.6 Å². The molecule has 1 unspecified atom stereocenters. The summed E-state index contributed by atoms with van der Waals surface area (Å²) in [4.78, 5) is 34.4. The van der Waals surface area contributed by atoms with E-state index in [4.69, 9.17) is 14.2 Å². The Bertz CT molecular complexity index is 1290. The van der Waals surface area contributed by atoms with E-state index in [1.807, 2.05) is 0 Å². The summed E-state index contributed by atoms with van der Waals surface area (Å²) in [5.74, 6) is 0.0982. The molecule has 3 aromatic carbocycles. The van der Waals surface area contributed by atoms with Gasteiger partial charge >= 0.3 is 5.97 Å². The molecule has 1 atom stereocenters. The number of carbonyl (C=O) groups excluding carboxylic acids is 2. The minimum absolute atomic E-state index is 0.0103. The molecule has 35 heavy (non-hydrogen) atoms. The van der Waals surface area contributed by atoms with E-state index in [0.717, 1.165) is 5.56 Å². The summed E-state index contributed by atoms with van der Waals surface area (Å²) >= 11 is 0. The Balaban J connectivity index is 1.32. The number of ether oxygens (including phenoxy) is 3. The Hall–Kier alpha value is -4.73. The third-order valence-corrected chi connectivity index (χ3v) is 5.28. The highest BCUT2D eigenvalue weighted by Crippen LogP contribution is 2.32. The minimum atomic E-state index is -0.638. The first-order valence-electron chi connectivity index (χ1n) is 10.6. The van der Waals surface area contributed by atoms with Gasteiger partial charge in [0.25, 0.3) is 5.69 Å². The van der Waals surface area contributed by atoms with Crippen LogP contribution in [0.5, 0.6) is 11.5 Å². The number of carbonyl (C=O) groups is 2. The summed E-state index contributed by atoms with van der Waals surface area (Å²) in [7, 11) is 1.50. The fourth-order valence-electron chi connectivity index (χ4n) is 3.52. The maximum atomic E-state index is 12.3. The smallest absolute Gasteiger partial charge is 0.339 e. The summed E-state index contributed by atoms with van der Waals surface area (Å²) in [5.41, 5.74) is 5.02. The number of non-ortho nitro benzene ring substituents is 1. The number of cyclic esters (lactones) is 1. The van der Waals surface area contributed by atoms with E-state index < -0.39 is 22.9 Å². The third kappa shape index (κ3) is 5.61. The van der Waals surface area contributed by atoms with Crippen molar-refractivity contribution < 1.29 is 28.7 Å². The number of hydrogen-bond donors (Lipinski definition) is 1. The molecule has 1 heterocycles. The van der Waals surface area contributed by atoms with Gasteiger partial charge < -0.3 is 14.2 Å². The molecule has 3 aromatic rings. The highest BCUT2D eigenvalue weighted by Gasteiger charge is 2.31. The van der Waals surface area contributed by atoms with Gasteiger partial charge in [-0.2, -0.15) is 5.10 Å². The number of nitrogens with zero attached hydrogens (tertiary/aromatic N) is 2. The first-order valence-corrected chi connectivity index (χ1v) is 10.6. The Kier molecular flexibility index (Phi) is 7.01. The van der Waals surface area contributed by atoms with Crippen LogP contribution in [0.4, 0.5) is 5.69 Å². The predicted molar refractivity (Wildman–Crippen MR) is 125 cm³/mol. The van der Waals surface area contributed by atoms with Crippen LogP contribution in [-0.4, -0.2) is 30.1 Å². The number of esters is 1. The number of nitro groups is 1. The topological polar surface area (TPSA) is 129 Å². The average molecular weight is 475 g/mol. The number of nitrogens with one attached hydrogen (secondary N) is 1. The van der Waals surface area contributed by atoms with Gasteiger partial charge in [-0.3, -0.25) is 14.9 Å². The number of nitro benzene ring substituents is 1. The van der Waals surface area contributed by atoms with Gasteiger partial charge in [-0.25, -0.2) is 10.2 Å². The van der Waals surface area contributed by atoms with Crippen LogP contribution in [0.2, 0.25) is 0 Å². The Labute approximate surface area is 200 Å². The summed E-state index contributed by atoms with van der Waals surface area (Å²) in [6.45, 7) is 0.201. The van der Waals surface area contributed by atoms with Gasteiger partial charge in [0.2, 0.25) is 5.91 Å². The maximum Gasteiger partial charge on any atom is 0.339 e. The fourth-order valence-corrected chi connectivity index (χ4v) is 3.52. The highest BCUT2D eigenvalue weighted by molar-refractivity contribution is 5.94. The number of hydrogen-bond acceptors (Lipinski definition) is 8. The van der Waals surface area contributed by atoms with Crippen molar-refractivity contribution in [1.29, 1.82) is 0 Å². The zero-order valence-corrected chi connectivity index (χ0v) is 18.7. The number of rotatable bonds is 9. The van der Waals surface area contributed by atoms with Gasteiger partial charge in [0.05, 0.1) is 30.2 Å². The minimum Gasteiger partial charge on any atom is -0.493 e. The molecule has 0 spiro atoms. The standard InChI is InChI=1S/C25H21N3O7/c1-33-23-12-17(8-11-21(23)34-15-16-6-9-18(10-7-16)28(31)32)14-26-27-24(29)13-22-19-4-2-3-5-20(19)25(30)35-22/h2-12,14,22H,13,15H2,1H3,(H,27,29). The molecule has 10 heteroatoms. The van der Waals surface area contributed by atoms with E-state index in [2.05, 4.69) is 10.5 Å². The zero-order chi connectivity index (χ0) is 24.8. The van der Waals surface area contributed by atoms with Gasteiger partial charge in [0.15, 0.2) is 11.5 Å². The maximum absolute atomic E-state index is 12.3. The molecule has 1 N–H and O–H groups in total. The van der Waals surface area contributed by atoms with Gasteiger partial charge in [-0.05, 0) is 47.5 Å². The molecule has 0 saturated heterocycles. The molecule has 1 aliphatic heterocycles. The molecule has 10 nitrogen and oxygen atoms in total. The lowest BCUT2D eigenvalue weighted by Crippen LogP contribution is -2.20. The normalized spacial score (nSPS) is 14.3. The fraction of sp³-hybridized carbons (Fsp3) is 0.160. The summed E-state index contributed by atoms with van der Waals surface area (Å²) in [6.07, 6.45) is 0.773. The predicted octanol–water partition coefficient (Wildman–Crippen LogP) is 3.93. The third-order valence-electron chi connectivity index (χ3n) is 5.28. The van der Waals surface area contributed by atoms with E-state index in [-0.39, 0.29) is 18.7 Å². The van der Waals surface area contributed by atoms with Crippen molar-refractivity contribution in [3.63, 3.8) is 0 Å². The van der Waals surface area contributed by atoms with Crippen LogP contribution in [-0.2, 0) is 16.1 Å². The van der Waals surface area contributed by atoms with Gasteiger partial charge in [0, 0.05) is 17.7 Å². The van der Waals surface area contributed by atoms with Crippen molar-refractivity contribution in [3.05, 3.63) is 99.1 Å². The number of hydrazone groups is 1.